The monoisotopic (exact) mass is 372 g/mol. The molecule has 2 amide bonds. The van der Waals surface area contributed by atoms with Gasteiger partial charge in [0.05, 0.1) is 5.52 Å². The quantitative estimate of drug-likeness (QED) is 0.477. The van der Waals surface area contributed by atoms with Gasteiger partial charge in [-0.2, -0.15) is 0 Å². The van der Waals surface area contributed by atoms with Crippen LogP contribution in [-0.2, 0) is 12.8 Å². The van der Waals surface area contributed by atoms with Gasteiger partial charge in [-0.3, -0.25) is 4.98 Å². The lowest BCUT2D eigenvalue weighted by atomic mass is 10.1. The Balaban J connectivity index is 1.25. The van der Waals surface area contributed by atoms with Crippen molar-refractivity contribution in [3.8, 4) is 0 Å². The van der Waals surface area contributed by atoms with Crippen LogP contribution < -0.4 is 10.6 Å². The Kier molecular flexibility index (Phi) is 5.24. The minimum atomic E-state index is -0.135. The number of H-pyrrole nitrogens is 1. The number of hydrogen-bond acceptors (Lipinski definition) is 2. The van der Waals surface area contributed by atoms with Gasteiger partial charge in [-0.15, -0.1) is 0 Å². The summed E-state index contributed by atoms with van der Waals surface area (Å²) in [5.74, 6) is 0. The number of urea groups is 1. The summed E-state index contributed by atoms with van der Waals surface area (Å²) in [7, 11) is 0. The van der Waals surface area contributed by atoms with E-state index < -0.39 is 0 Å². The van der Waals surface area contributed by atoms with Gasteiger partial charge in [0.1, 0.15) is 0 Å². The first-order valence-corrected chi connectivity index (χ1v) is 9.61. The topological polar surface area (TPSA) is 69.8 Å². The number of para-hydroxylation sites is 1. The standard InChI is InChI=1S/C23H24N4O/c1-16-7-8-20-19(15-27-21(20)14-16)10-13-26-23(28)25-12-9-18-5-2-4-17-6-3-11-24-22(17)18/h2-8,11,14-15,27H,9-10,12-13H2,1H3,(H2,25,26,28). The molecule has 5 heteroatoms. The van der Waals surface area contributed by atoms with Crippen molar-refractivity contribution in [3.63, 3.8) is 0 Å². The lowest BCUT2D eigenvalue weighted by Gasteiger charge is -2.09. The molecule has 0 radical (unpaired) electrons. The second-order valence-electron chi connectivity index (χ2n) is 7.04. The Morgan fingerprint density at radius 3 is 2.64 bits per heavy atom. The van der Waals surface area contributed by atoms with Crippen LogP contribution in [0.2, 0.25) is 0 Å². The van der Waals surface area contributed by atoms with Crippen molar-refractivity contribution in [3.05, 3.63) is 77.6 Å². The number of fused-ring (bicyclic) bond motifs is 2. The number of nitrogens with zero attached hydrogens (tertiary/aromatic N) is 1. The molecule has 0 bridgehead atoms. The third-order valence-electron chi connectivity index (χ3n) is 5.00. The van der Waals surface area contributed by atoms with Gasteiger partial charge < -0.3 is 15.6 Å². The molecule has 3 N–H and O–H groups in total. The number of aryl methyl sites for hydroxylation is 1. The second kappa shape index (κ2) is 8.13. The molecule has 4 aromatic rings. The van der Waals surface area contributed by atoms with Crippen LogP contribution in [-0.4, -0.2) is 29.1 Å². The highest BCUT2D eigenvalue weighted by atomic mass is 16.2. The number of amides is 2. The van der Waals surface area contributed by atoms with E-state index in [0.29, 0.717) is 13.1 Å². The first-order valence-electron chi connectivity index (χ1n) is 9.61. The van der Waals surface area contributed by atoms with Crippen molar-refractivity contribution < 1.29 is 4.79 Å². The van der Waals surface area contributed by atoms with Crippen LogP contribution >= 0.6 is 0 Å². The highest BCUT2D eigenvalue weighted by Crippen LogP contribution is 2.19. The number of hydrogen-bond donors (Lipinski definition) is 3. The zero-order valence-electron chi connectivity index (χ0n) is 16.0. The van der Waals surface area contributed by atoms with E-state index in [2.05, 4.69) is 63.9 Å². The van der Waals surface area contributed by atoms with Crippen molar-refractivity contribution in [1.29, 1.82) is 0 Å². The van der Waals surface area contributed by atoms with E-state index in [-0.39, 0.29) is 6.03 Å². The largest absolute Gasteiger partial charge is 0.361 e. The lowest BCUT2D eigenvalue weighted by molar-refractivity contribution is 0.241. The number of aromatic amines is 1. The van der Waals surface area contributed by atoms with Crippen LogP contribution in [0.1, 0.15) is 16.7 Å². The average molecular weight is 372 g/mol. The summed E-state index contributed by atoms with van der Waals surface area (Å²) in [6.45, 7) is 3.26. The smallest absolute Gasteiger partial charge is 0.314 e. The maximum Gasteiger partial charge on any atom is 0.314 e. The molecule has 0 spiro atoms. The van der Waals surface area contributed by atoms with E-state index >= 15 is 0 Å². The van der Waals surface area contributed by atoms with Crippen molar-refractivity contribution in [2.45, 2.75) is 19.8 Å². The zero-order chi connectivity index (χ0) is 19.3. The Labute approximate surface area is 164 Å². The summed E-state index contributed by atoms with van der Waals surface area (Å²) in [4.78, 5) is 19.8. The van der Waals surface area contributed by atoms with Gasteiger partial charge in [0.2, 0.25) is 0 Å². The molecule has 5 nitrogen and oxygen atoms in total. The van der Waals surface area contributed by atoms with Crippen LogP contribution in [0.15, 0.2) is 60.9 Å². The van der Waals surface area contributed by atoms with Crippen molar-refractivity contribution in [1.82, 2.24) is 20.6 Å². The van der Waals surface area contributed by atoms with Crippen LogP contribution in [0.5, 0.6) is 0 Å². The molecule has 0 fully saturated rings. The number of aromatic nitrogens is 2. The van der Waals surface area contributed by atoms with Crippen LogP contribution in [0.3, 0.4) is 0 Å². The lowest BCUT2D eigenvalue weighted by Crippen LogP contribution is -2.37. The molecule has 142 valence electrons. The number of benzene rings is 2. The van der Waals surface area contributed by atoms with Gasteiger partial charge in [-0.05, 0) is 48.6 Å². The van der Waals surface area contributed by atoms with E-state index in [9.17, 15) is 4.79 Å². The molecular weight excluding hydrogens is 348 g/mol. The first kappa shape index (κ1) is 18.0. The average Bonchev–Trinajstić information content (AvgIpc) is 3.10. The van der Waals surface area contributed by atoms with E-state index in [0.717, 1.165) is 34.8 Å². The number of carbonyl (C=O) groups is 1. The summed E-state index contributed by atoms with van der Waals surface area (Å²) >= 11 is 0. The molecule has 0 aliphatic heterocycles. The zero-order valence-corrected chi connectivity index (χ0v) is 16.0. The maximum atomic E-state index is 12.1. The van der Waals surface area contributed by atoms with Gasteiger partial charge in [0.25, 0.3) is 0 Å². The molecule has 0 aliphatic rings. The fourth-order valence-electron chi connectivity index (χ4n) is 3.56. The maximum absolute atomic E-state index is 12.1. The van der Waals surface area contributed by atoms with Gasteiger partial charge in [0.15, 0.2) is 0 Å². The Hall–Kier alpha value is -3.34. The molecular formula is C23H24N4O. The third-order valence-corrected chi connectivity index (χ3v) is 5.00. The predicted octanol–water partition coefficient (Wildman–Crippen LogP) is 4.11. The summed E-state index contributed by atoms with van der Waals surface area (Å²) in [5.41, 5.74) is 5.74. The molecule has 2 heterocycles. The molecule has 0 atom stereocenters. The fraction of sp³-hybridized carbons (Fsp3) is 0.217. The molecule has 2 aromatic heterocycles. The minimum Gasteiger partial charge on any atom is -0.361 e. The summed E-state index contributed by atoms with van der Waals surface area (Å²) in [6, 6.07) is 16.4. The van der Waals surface area contributed by atoms with Gasteiger partial charge >= 0.3 is 6.03 Å². The normalized spacial score (nSPS) is 11.0. The second-order valence-corrected chi connectivity index (χ2v) is 7.04. The van der Waals surface area contributed by atoms with Gasteiger partial charge in [0, 0.05) is 41.8 Å². The molecule has 4 rings (SSSR count). The summed E-state index contributed by atoms with van der Waals surface area (Å²) < 4.78 is 0. The van der Waals surface area contributed by atoms with Crippen LogP contribution in [0, 0.1) is 6.92 Å². The van der Waals surface area contributed by atoms with Gasteiger partial charge in [-0.25, -0.2) is 4.79 Å². The van der Waals surface area contributed by atoms with Crippen molar-refractivity contribution in [2.75, 3.05) is 13.1 Å². The van der Waals surface area contributed by atoms with E-state index in [1.165, 1.54) is 16.5 Å². The number of pyridine rings is 1. The minimum absolute atomic E-state index is 0.135. The third kappa shape index (κ3) is 3.98. The van der Waals surface area contributed by atoms with Crippen LogP contribution in [0.25, 0.3) is 21.8 Å². The molecule has 0 saturated carbocycles. The van der Waals surface area contributed by atoms with E-state index in [4.69, 9.17) is 0 Å². The molecule has 0 unspecified atom stereocenters. The summed E-state index contributed by atoms with van der Waals surface area (Å²) in [6.07, 6.45) is 5.38. The van der Waals surface area contributed by atoms with Crippen molar-refractivity contribution >= 4 is 27.8 Å². The Bertz CT molecular complexity index is 1110. The Morgan fingerprint density at radius 1 is 1.00 bits per heavy atom. The fourth-order valence-corrected chi connectivity index (χ4v) is 3.56. The number of carbonyl (C=O) groups excluding carboxylic acids is 1. The number of rotatable bonds is 6. The first-order chi connectivity index (χ1) is 13.7. The SMILES string of the molecule is Cc1ccc2c(CCNC(=O)NCCc3cccc4cccnc34)c[nH]c2c1. The highest BCUT2D eigenvalue weighted by molar-refractivity contribution is 5.84. The summed E-state index contributed by atoms with van der Waals surface area (Å²) in [5, 5.41) is 8.22. The molecule has 0 aliphatic carbocycles. The number of nitrogens with one attached hydrogen (secondary N) is 3. The molecule has 28 heavy (non-hydrogen) atoms. The molecule has 0 saturated heterocycles. The van der Waals surface area contributed by atoms with Crippen molar-refractivity contribution in [2.24, 2.45) is 0 Å². The Morgan fingerprint density at radius 2 is 1.79 bits per heavy atom. The van der Waals surface area contributed by atoms with E-state index in [1.807, 2.05) is 18.3 Å². The molecule has 2 aromatic carbocycles. The van der Waals surface area contributed by atoms with Gasteiger partial charge in [-0.1, -0.05) is 36.4 Å². The highest BCUT2D eigenvalue weighted by Gasteiger charge is 2.06. The van der Waals surface area contributed by atoms with E-state index in [1.54, 1.807) is 6.20 Å². The predicted molar refractivity (Wildman–Crippen MR) is 114 cm³/mol. The van der Waals surface area contributed by atoms with Crippen LogP contribution in [0.4, 0.5) is 4.79 Å².